The third kappa shape index (κ3) is 4.85. The minimum absolute atomic E-state index is 0.0446. The lowest BCUT2D eigenvalue weighted by Gasteiger charge is -2.44. The highest BCUT2D eigenvalue weighted by Crippen LogP contribution is 2.23. The van der Waals surface area contributed by atoms with Crippen LogP contribution in [0.15, 0.2) is 0 Å². The number of nitrogens with zero attached hydrogens (tertiary/aromatic N) is 3. The maximum absolute atomic E-state index is 13.7. The predicted molar refractivity (Wildman–Crippen MR) is 111 cm³/mol. The van der Waals surface area contributed by atoms with Crippen molar-refractivity contribution in [1.29, 1.82) is 0 Å². The first kappa shape index (κ1) is 22.8. The fourth-order valence-electron chi connectivity index (χ4n) is 5.09. The van der Waals surface area contributed by atoms with Crippen molar-refractivity contribution < 1.29 is 18.7 Å². The summed E-state index contributed by atoms with van der Waals surface area (Å²) in [5.41, 5.74) is 9.21. The quantitative estimate of drug-likeness (QED) is 0.303. The van der Waals surface area contributed by atoms with Gasteiger partial charge in [-0.05, 0) is 13.0 Å². The fraction of sp³-hybridized carbons (Fsp3) is 0.895. The number of amides is 2. The van der Waals surface area contributed by atoms with Crippen LogP contribution < -0.4 is 27.1 Å². The molecule has 0 bridgehead atoms. The van der Waals surface area contributed by atoms with E-state index in [1.807, 2.05) is 0 Å². The predicted octanol–water partition coefficient (Wildman–Crippen LogP) is -3.39. The first-order valence-corrected chi connectivity index (χ1v) is 11.1. The normalized spacial score (nSPS) is 39.7. The van der Waals surface area contributed by atoms with Gasteiger partial charge in [-0.1, -0.05) is 0 Å². The highest BCUT2D eigenvalue weighted by Gasteiger charge is 2.48. The number of rotatable bonds is 4. The molecule has 4 aliphatic heterocycles. The third-order valence-electron chi connectivity index (χ3n) is 6.68. The summed E-state index contributed by atoms with van der Waals surface area (Å²) in [6, 6.07) is -0.0176. The summed E-state index contributed by atoms with van der Waals surface area (Å²) < 4.78 is 19.4. The van der Waals surface area contributed by atoms with Crippen molar-refractivity contribution in [3.05, 3.63) is 0 Å². The van der Waals surface area contributed by atoms with Crippen molar-refractivity contribution in [2.24, 2.45) is 11.7 Å². The Labute approximate surface area is 182 Å². The Morgan fingerprint density at radius 3 is 2.84 bits per heavy atom. The Balaban J connectivity index is 1.41. The van der Waals surface area contributed by atoms with Crippen LogP contribution in [0.5, 0.6) is 0 Å². The molecule has 4 rings (SSSR count). The zero-order valence-corrected chi connectivity index (χ0v) is 18.2. The molecule has 0 aliphatic carbocycles. The number of fused-ring (bicyclic) bond motifs is 1. The van der Waals surface area contributed by atoms with Gasteiger partial charge in [-0.15, -0.1) is 0 Å². The number of hydrazine groups is 1. The van der Waals surface area contributed by atoms with E-state index in [0.29, 0.717) is 26.2 Å². The largest absolute Gasteiger partial charge is 0.366 e. The molecule has 0 saturated carbocycles. The molecule has 2 amide bonds. The van der Waals surface area contributed by atoms with E-state index in [4.69, 9.17) is 10.5 Å². The van der Waals surface area contributed by atoms with Gasteiger partial charge in [-0.2, -0.15) is 0 Å². The number of nitrogens with one attached hydrogen (secondary N) is 4. The molecule has 0 aromatic carbocycles. The molecular formula is C19H35FN8O3. The molecule has 4 fully saturated rings. The molecule has 0 aromatic rings. The molecule has 0 spiro atoms. The van der Waals surface area contributed by atoms with Crippen molar-refractivity contribution in [2.45, 2.75) is 43.1 Å². The Bertz CT molecular complexity index is 670. The molecule has 176 valence electrons. The molecule has 7 unspecified atom stereocenters. The van der Waals surface area contributed by atoms with Gasteiger partial charge in [0.1, 0.15) is 12.3 Å². The van der Waals surface area contributed by atoms with Gasteiger partial charge in [-0.25, -0.2) is 14.8 Å². The van der Waals surface area contributed by atoms with E-state index in [0.717, 1.165) is 13.0 Å². The van der Waals surface area contributed by atoms with Crippen LogP contribution in [0.1, 0.15) is 6.42 Å². The Morgan fingerprint density at radius 2 is 2.06 bits per heavy atom. The molecule has 31 heavy (non-hydrogen) atoms. The van der Waals surface area contributed by atoms with Gasteiger partial charge in [0.05, 0.1) is 30.9 Å². The Morgan fingerprint density at radius 1 is 1.26 bits per heavy atom. The number of hydrogen-bond acceptors (Lipinski definition) is 9. The summed E-state index contributed by atoms with van der Waals surface area (Å²) >= 11 is 0. The van der Waals surface area contributed by atoms with Crippen LogP contribution in [0.2, 0.25) is 0 Å². The number of likely N-dealkylation sites (N-methyl/N-ethyl adjacent to an activating group) is 1. The summed E-state index contributed by atoms with van der Waals surface area (Å²) in [7, 11) is 3.45. The van der Waals surface area contributed by atoms with E-state index >= 15 is 0 Å². The van der Waals surface area contributed by atoms with Crippen LogP contribution in [0, 0.1) is 5.92 Å². The van der Waals surface area contributed by atoms with Gasteiger partial charge < -0.3 is 26.0 Å². The number of halogens is 1. The highest BCUT2D eigenvalue weighted by atomic mass is 19.1. The van der Waals surface area contributed by atoms with Gasteiger partial charge in [0.2, 0.25) is 5.91 Å². The van der Waals surface area contributed by atoms with Gasteiger partial charge in [-0.3, -0.25) is 19.8 Å². The molecule has 0 aromatic heterocycles. The van der Waals surface area contributed by atoms with Crippen LogP contribution in [-0.4, -0.2) is 123 Å². The van der Waals surface area contributed by atoms with E-state index < -0.39 is 24.4 Å². The number of nitrogens with two attached hydrogens (primary N) is 1. The maximum atomic E-state index is 13.7. The molecule has 4 saturated heterocycles. The van der Waals surface area contributed by atoms with E-state index in [1.54, 1.807) is 24.0 Å². The summed E-state index contributed by atoms with van der Waals surface area (Å²) in [5, 5.41) is 11.3. The summed E-state index contributed by atoms with van der Waals surface area (Å²) in [6.45, 7) is 3.62. The second-order valence-electron chi connectivity index (χ2n) is 9.05. The SMILES string of the molecule is CN(C)C(=O)C1CN(C2CCNCC2NC(=O)C2C(N)NN3CC(F)CNC23)CCO1. The second kappa shape index (κ2) is 9.61. The topological polar surface area (TPSA) is 127 Å². The summed E-state index contributed by atoms with van der Waals surface area (Å²) in [5.74, 6) is -0.718. The van der Waals surface area contributed by atoms with Gasteiger partial charge in [0.15, 0.2) is 0 Å². The number of alkyl halides is 1. The Hall–Kier alpha value is -1.41. The van der Waals surface area contributed by atoms with Crippen LogP contribution in [-0.2, 0) is 14.3 Å². The van der Waals surface area contributed by atoms with Crippen molar-refractivity contribution in [1.82, 2.24) is 36.2 Å². The molecule has 7 atom stereocenters. The van der Waals surface area contributed by atoms with E-state index in [1.165, 1.54) is 0 Å². The number of carbonyl (C=O) groups is 2. The molecule has 6 N–H and O–H groups in total. The molecule has 0 radical (unpaired) electrons. The lowest BCUT2D eigenvalue weighted by molar-refractivity contribution is -0.149. The Kier molecular flexibility index (Phi) is 7.06. The van der Waals surface area contributed by atoms with E-state index in [-0.39, 0.29) is 43.2 Å². The summed E-state index contributed by atoms with van der Waals surface area (Å²) in [6.07, 6.45) is -1.54. The minimum atomic E-state index is -0.996. The maximum Gasteiger partial charge on any atom is 0.252 e. The lowest BCUT2D eigenvalue weighted by Crippen LogP contribution is -2.65. The van der Waals surface area contributed by atoms with Gasteiger partial charge in [0, 0.05) is 52.9 Å². The average molecular weight is 443 g/mol. The minimum Gasteiger partial charge on any atom is -0.366 e. The standard InChI is InChI=1S/C19H35FN8O3/c1-26(2)19(30)14-10-27(5-6-31-14)13-3-4-22-8-12(13)24-18(29)15-16(21)25-28-9-11(20)7-23-17(15)28/h11-17,22-23,25H,3-10,21H2,1-2H3,(H,24,29). The van der Waals surface area contributed by atoms with Gasteiger partial charge in [0.25, 0.3) is 5.91 Å². The van der Waals surface area contributed by atoms with Gasteiger partial charge >= 0.3 is 0 Å². The van der Waals surface area contributed by atoms with Crippen molar-refractivity contribution in [2.75, 3.05) is 60.0 Å². The monoisotopic (exact) mass is 442 g/mol. The molecular weight excluding hydrogens is 407 g/mol. The van der Waals surface area contributed by atoms with E-state index in [2.05, 4.69) is 26.3 Å². The third-order valence-corrected chi connectivity index (χ3v) is 6.68. The summed E-state index contributed by atoms with van der Waals surface area (Å²) in [4.78, 5) is 29.4. The number of hydrogen-bond donors (Lipinski definition) is 5. The van der Waals surface area contributed by atoms with Crippen molar-refractivity contribution >= 4 is 11.8 Å². The van der Waals surface area contributed by atoms with Crippen molar-refractivity contribution in [3.8, 4) is 0 Å². The highest BCUT2D eigenvalue weighted by molar-refractivity contribution is 5.81. The van der Waals surface area contributed by atoms with Crippen molar-refractivity contribution in [3.63, 3.8) is 0 Å². The number of carbonyl (C=O) groups excluding carboxylic acids is 2. The van der Waals surface area contributed by atoms with Crippen LogP contribution in [0.25, 0.3) is 0 Å². The van der Waals surface area contributed by atoms with Crippen LogP contribution in [0.4, 0.5) is 4.39 Å². The fourth-order valence-corrected chi connectivity index (χ4v) is 5.09. The zero-order valence-electron chi connectivity index (χ0n) is 18.2. The first-order chi connectivity index (χ1) is 14.8. The first-order valence-electron chi connectivity index (χ1n) is 11.1. The number of piperidine rings is 1. The second-order valence-corrected chi connectivity index (χ2v) is 9.05. The number of morpholine rings is 1. The number of ether oxygens (including phenoxy) is 1. The molecule has 4 heterocycles. The molecule has 11 nitrogen and oxygen atoms in total. The zero-order chi connectivity index (χ0) is 22.1. The smallest absolute Gasteiger partial charge is 0.252 e. The lowest BCUT2D eigenvalue weighted by atomic mass is 9.95. The molecule has 4 aliphatic rings. The van der Waals surface area contributed by atoms with Crippen LogP contribution >= 0.6 is 0 Å². The van der Waals surface area contributed by atoms with Crippen LogP contribution in [0.3, 0.4) is 0 Å². The van der Waals surface area contributed by atoms with E-state index in [9.17, 15) is 14.0 Å². The molecule has 12 heteroatoms. The average Bonchev–Trinajstić information content (AvgIpc) is 3.08.